The average molecular weight is 417 g/mol. The summed E-state index contributed by atoms with van der Waals surface area (Å²) in [5.74, 6) is 0.420. The number of hydrogen-bond acceptors (Lipinski definition) is 7. The quantitative estimate of drug-likeness (QED) is 0.476. The number of halogens is 1. The lowest BCUT2D eigenvalue weighted by Gasteiger charge is -2.01. The van der Waals surface area contributed by atoms with E-state index in [1.165, 1.54) is 29.7 Å². The first-order valence-electron chi connectivity index (χ1n) is 8.50. The van der Waals surface area contributed by atoms with Gasteiger partial charge in [-0.05, 0) is 35.4 Å². The zero-order chi connectivity index (χ0) is 19.7. The summed E-state index contributed by atoms with van der Waals surface area (Å²) < 4.78 is 42.1. The molecule has 4 rings (SSSR count). The fourth-order valence-corrected chi connectivity index (χ4v) is 4.28. The monoisotopic (exact) mass is 417 g/mol. The van der Waals surface area contributed by atoms with Crippen molar-refractivity contribution >= 4 is 31.4 Å². The molecule has 0 bridgehead atoms. The maximum Gasteiger partial charge on any atom is 0.223 e. The molecule has 0 N–H and O–H groups in total. The minimum atomic E-state index is -3.08. The molecular weight excluding hydrogens is 401 g/mol. The van der Waals surface area contributed by atoms with Gasteiger partial charge in [0.15, 0.2) is 0 Å². The standard InChI is InChI=1S/C19H16FN3O3S2/c1-28(24,25)9-8-17-22-23-18(26-17)11-19-21-15-7-4-13(10-16(15)27-19)12-2-5-14(20)6-3-12/h2-7,10H,8-9,11H2,1H3. The molecule has 0 aliphatic rings. The highest BCUT2D eigenvalue weighted by Crippen LogP contribution is 2.29. The first-order valence-corrected chi connectivity index (χ1v) is 11.4. The second kappa shape index (κ2) is 7.40. The second-order valence-corrected chi connectivity index (χ2v) is 9.82. The van der Waals surface area contributed by atoms with Crippen LogP contribution in [0.1, 0.15) is 16.8 Å². The van der Waals surface area contributed by atoms with Crippen LogP contribution in [0.4, 0.5) is 4.39 Å². The number of fused-ring (bicyclic) bond motifs is 1. The molecule has 2 aromatic heterocycles. The van der Waals surface area contributed by atoms with Gasteiger partial charge in [-0.25, -0.2) is 17.8 Å². The van der Waals surface area contributed by atoms with Crippen molar-refractivity contribution in [3.63, 3.8) is 0 Å². The highest BCUT2D eigenvalue weighted by Gasteiger charge is 2.13. The fourth-order valence-electron chi connectivity index (χ4n) is 2.73. The fraction of sp³-hybridized carbons (Fsp3) is 0.211. The van der Waals surface area contributed by atoms with Crippen molar-refractivity contribution in [1.82, 2.24) is 15.2 Å². The van der Waals surface area contributed by atoms with E-state index in [1.54, 1.807) is 12.1 Å². The summed E-state index contributed by atoms with van der Waals surface area (Å²) in [5.41, 5.74) is 2.79. The lowest BCUT2D eigenvalue weighted by atomic mass is 10.1. The first-order chi connectivity index (χ1) is 13.4. The SMILES string of the molecule is CS(=O)(=O)CCc1nnc(Cc2nc3ccc(-c4ccc(F)cc4)cc3s2)o1. The van der Waals surface area contributed by atoms with Crippen molar-refractivity contribution < 1.29 is 17.2 Å². The number of aromatic nitrogens is 3. The van der Waals surface area contributed by atoms with Gasteiger partial charge in [-0.2, -0.15) is 0 Å². The zero-order valence-corrected chi connectivity index (χ0v) is 16.6. The molecule has 0 aliphatic heterocycles. The molecule has 2 heterocycles. The Morgan fingerprint density at radius 1 is 1.04 bits per heavy atom. The van der Waals surface area contributed by atoms with Gasteiger partial charge in [-0.3, -0.25) is 0 Å². The minimum absolute atomic E-state index is 0.0259. The van der Waals surface area contributed by atoms with E-state index in [2.05, 4.69) is 15.2 Å². The summed E-state index contributed by atoms with van der Waals surface area (Å²) in [5, 5.41) is 8.69. The van der Waals surface area contributed by atoms with E-state index < -0.39 is 9.84 Å². The van der Waals surface area contributed by atoms with E-state index in [-0.39, 0.29) is 18.0 Å². The van der Waals surface area contributed by atoms with Gasteiger partial charge in [0, 0.05) is 12.7 Å². The van der Waals surface area contributed by atoms with Crippen LogP contribution in [0.2, 0.25) is 0 Å². The van der Waals surface area contributed by atoms with Crippen LogP contribution in [0, 0.1) is 5.82 Å². The summed E-state index contributed by atoms with van der Waals surface area (Å²) in [6.07, 6.45) is 1.76. The molecule has 9 heteroatoms. The summed E-state index contributed by atoms with van der Waals surface area (Å²) in [4.78, 5) is 4.59. The molecule has 28 heavy (non-hydrogen) atoms. The van der Waals surface area contributed by atoms with E-state index in [0.29, 0.717) is 18.2 Å². The third-order valence-electron chi connectivity index (χ3n) is 4.11. The van der Waals surface area contributed by atoms with Crippen LogP contribution in [0.25, 0.3) is 21.3 Å². The molecule has 0 atom stereocenters. The van der Waals surface area contributed by atoms with Crippen molar-refractivity contribution in [2.45, 2.75) is 12.8 Å². The highest BCUT2D eigenvalue weighted by molar-refractivity contribution is 7.90. The molecule has 0 fully saturated rings. The van der Waals surface area contributed by atoms with E-state index in [4.69, 9.17) is 4.42 Å². The van der Waals surface area contributed by atoms with Gasteiger partial charge in [-0.1, -0.05) is 18.2 Å². The van der Waals surface area contributed by atoms with Crippen molar-refractivity contribution in [2.75, 3.05) is 12.0 Å². The Morgan fingerprint density at radius 3 is 2.50 bits per heavy atom. The van der Waals surface area contributed by atoms with Crippen molar-refractivity contribution in [3.05, 3.63) is 65.1 Å². The molecule has 0 spiro atoms. The Labute approximate surface area is 165 Å². The maximum atomic E-state index is 13.1. The molecular formula is C19H16FN3O3S2. The predicted octanol–water partition coefficient (Wildman–Crippen LogP) is 3.66. The van der Waals surface area contributed by atoms with Crippen LogP contribution in [0.5, 0.6) is 0 Å². The number of aryl methyl sites for hydroxylation is 1. The van der Waals surface area contributed by atoms with E-state index in [0.717, 1.165) is 26.4 Å². The van der Waals surface area contributed by atoms with Gasteiger partial charge in [0.1, 0.15) is 20.7 Å². The van der Waals surface area contributed by atoms with E-state index >= 15 is 0 Å². The van der Waals surface area contributed by atoms with Crippen LogP contribution in [-0.2, 0) is 22.7 Å². The number of rotatable bonds is 6. The maximum absolute atomic E-state index is 13.1. The first kappa shape index (κ1) is 18.7. The van der Waals surface area contributed by atoms with Gasteiger partial charge >= 0.3 is 0 Å². The molecule has 0 saturated heterocycles. The van der Waals surface area contributed by atoms with Crippen LogP contribution in [-0.4, -0.2) is 35.6 Å². The molecule has 0 aliphatic carbocycles. The Kier molecular flexibility index (Phi) is 4.94. The number of sulfone groups is 1. The normalized spacial score (nSPS) is 11.9. The zero-order valence-electron chi connectivity index (χ0n) is 14.9. The largest absolute Gasteiger partial charge is 0.425 e. The third-order valence-corrected chi connectivity index (χ3v) is 6.07. The Bertz CT molecular complexity index is 1230. The van der Waals surface area contributed by atoms with Gasteiger partial charge in [0.2, 0.25) is 11.8 Å². The smallest absolute Gasteiger partial charge is 0.223 e. The highest BCUT2D eigenvalue weighted by atomic mass is 32.2. The van der Waals surface area contributed by atoms with Crippen molar-refractivity contribution in [3.8, 4) is 11.1 Å². The molecule has 2 aromatic carbocycles. The molecule has 6 nitrogen and oxygen atoms in total. The lowest BCUT2D eigenvalue weighted by molar-refractivity contribution is 0.461. The Hall–Kier alpha value is -2.65. The molecule has 0 amide bonds. The van der Waals surface area contributed by atoms with Crippen molar-refractivity contribution in [2.24, 2.45) is 0 Å². The van der Waals surface area contributed by atoms with Gasteiger partial charge in [0.25, 0.3) is 0 Å². The van der Waals surface area contributed by atoms with Crippen LogP contribution >= 0.6 is 11.3 Å². The molecule has 4 aromatic rings. The summed E-state index contributed by atoms with van der Waals surface area (Å²) in [6, 6.07) is 12.3. The molecule has 0 radical (unpaired) electrons. The van der Waals surface area contributed by atoms with Crippen LogP contribution in [0.3, 0.4) is 0 Å². The van der Waals surface area contributed by atoms with Crippen LogP contribution in [0.15, 0.2) is 46.9 Å². The molecule has 0 saturated carbocycles. The number of nitrogens with zero attached hydrogens (tertiary/aromatic N) is 3. The minimum Gasteiger partial charge on any atom is -0.425 e. The number of benzene rings is 2. The van der Waals surface area contributed by atoms with E-state index in [9.17, 15) is 12.8 Å². The van der Waals surface area contributed by atoms with Gasteiger partial charge < -0.3 is 4.42 Å². The van der Waals surface area contributed by atoms with Gasteiger partial charge in [0.05, 0.1) is 22.4 Å². The summed E-state index contributed by atoms with van der Waals surface area (Å²) in [6.45, 7) is 0. The second-order valence-electron chi connectivity index (χ2n) is 6.44. The molecule has 0 unspecified atom stereocenters. The third kappa shape index (κ3) is 4.42. The summed E-state index contributed by atoms with van der Waals surface area (Å²) in [7, 11) is -3.08. The predicted molar refractivity (Wildman–Crippen MR) is 106 cm³/mol. The van der Waals surface area contributed by atoms with Gasteiger partial charge in [-0.15, -0.1) is 21.5 Å². The van der Waals surface area contributed by atoms with Crippen molar-refractivity contribution in [1.29, 1.82) is 0 Å². The topological polar surface area (TPSA) is 86.0 Å². The number of thiazole rings is 1. The lowest BCUT2D eigenvalue weighted by Crippen LogP contribution is -2.05. The number of hydrogen-bond donors (Lipinski definition) is 0. The van der Waals surface area contributed by atoms with E-state index in [1.807, 2.05) is 18.2 Å². The molecule has 144 valence electrons. The average Bonchev–Trinajstić information content (AvgIpc) is 3.25. The van der Waals surface area contributed by atoms with Crippen LogP contribution < -0.4 is 0 Å². The Balaban J connectivity index is 1.52. The summed E-state index contributed by atoms with van der Waals surface area (Å²) >= 11 is 1.52. The Morgan fingerprint density at radius 2 is 1.75 bits per heavy atom.